The number of fused-ring (bicyclic) bond motifs is 2. The Morgan fingerprint density at radius 3 is 2.72 bits per heavy atom. The molecule has 3 aromatic heterocycles. The molecule has 4 aromatic rings. The summed E-state index contributed by atoms with van der Waals surface area (Å²) in [5.74, 6) is 2.11. The third-order valence-electron chi connectivity index (χ3n) is 5.89. The number of aryl methyl sites for hydroxylation is 2. The summed E-state index contributed by atoms with van der Waals surface area (Å²) in [6.07, 6.45) is 5.38. The van der Waals surface area contributed by atoms with Crippen LogP contribution in [0, 0.1) is 12.8 Å². The van der Waals surface area contributed by atoms with Crippen molar-refractivity contribution in [1.82, 2.24) is 29.1 Å². The number of aromatic nitrogens is 6. The molecule has 1 saturated heterocycles. The van der Waals surface area contributed by atoms with Gasteiger partial charge in [-0.15, -0.1) is 0 Å². The van der Waals surface area contributed by atoms with Crippen LogP contribution in [0.3, 0.4) is 0 Å². The Bertz CT molecular complexity index is 1250. The fourth-order valence-corrected chi connectivity index (χ4v) is 4.24. The highest BCUT2D eigenvalue weighted by molar-refractivity contribution is 5.83. The van der Waals surface area contributed by atoms with Crippen molar-refractivity contribution >= 4 is 27.9 Å². The predicted octanol–water partition coefficient (Wildman–Crippen LogP) is 2.30. The van der Waals surface area contributed by atoms with Gasteiger partial charge >= 0.3 is 0 Å². The number of imidazole rings is 1. The molecule has 0 N–H and O–H groups in total. The van der Waals surface area contributed by atoms with Crippen molar-refractivity contribution < 1.29 is 0 Å². The van der Waals surface area contributed by atoms with Crippen LogP contribution in [0.5, 0.6) is 0 Å². The Balaban J connectivity index is 1.35. The van der Waals surface area contributed by atoms with Gasteiger partial charge in [0, 0.05) is 26.7 Å². The minimum Gasteiger partial charge on any atom is -0.355 e. The van der Waals surface area contributed by atoms with Gasteiger partial charge in [0.15, 0.2) is 17.0 Å². The van der Waals surface area contributed by atoms with Crippen molar-refractivity contribution in [3.8, 4) is 0 Å². The van der Waals surface area contributed by atoms with Crippen molar-refractivity contribution in [2.24, 2.45) is 13.0 Å². The van der Waals surface area contributed by atoms with E-state index in [9.17, 15) is 4.79 Å². The number of rotatable bonds is 3. The van der Waals surface area contributed by atoms with Crippen LogP contribution in [0.2, 0.25) is 0 Å². The predicted molar refractivity (Wildman–Crippen MR) is 112 cm³/mol. The van der Waals surface area contributed by atoms with E-state index in [4.69, 9.17) is 0 Å². The van der Waals surface area contributed by atoms with E-state index >= 15 is 0 Å². The maximum atomic E-state index is 12.9. The number of piperidine rings is 1. The molecule has 1 aliphatic rings. The number of hydrogen-bond donors (Lipinski definition) is 0. The highest BCUT2D eigenvalue weighted by atomic mass is 16.1. The van der Waals surface area contributed by atoms with Gasteiger partial charge in [0.05, 0.1) is 17.2 Å². The van der Waals surface area contributed by atoms with Crippen LogP contribution < -0.4 is 10.5 Å². The van der Waals surface area contributed by atoms with E-state index in [-0.39, 0.29) is 5.56 Å². The normalized spacial score (nSPS) is 15.4. The van der Waals surface area contributed by atoms with E-state index in [1.807, 2.05) is 47.4 Å². The van der Waals surface area contributed by atoms with E-state index in [0.29, 0.717) is 17.8 Å². The number of anilines is 1. The summed E-state index contributed by atoms with van der Waals surface area (Å²) in [4.78, 5) is 33.1. The molecule has 0 bridgehead atoms. The fourth-order valence-electron chi connectivity index (χ4n) is 4.24. The summed E-state index contributed by atoms with van der Waals surface area (Å²) in [6.45, 7) is 4.41. The highest BCUT2D eigenvalue weighted by Crippen LogP contribution is 2.27. The van der Waals surface area contributed by atoms with Crippen LogP contribution in [-0.4, -0.2) is 42.2 Å². The Labute approximate surface area is 167 Å². The Hall–Kier alpha value is -3.29. The lowest BCUT2D eigenvalue weighted by molar-refractivity contribution is 0.348. The van der Waals surface area contributed by atoms with Gasteiger partial charge < -0.3 is 9.47 Å². The maximum Gasteiger partial charge on any atom is 0.261 e. The van der Waals surface area contributed by atoms with Crippen LogP contribution in [0.15, 0.2) is 41.7 Å². The quantitative estimate of drug-likeness (QED) is 0.535. The SMILES string of the molecule is Cc1nc2ccccc2c(=O)n1CC1CCN(c2ncnc3c2ncn3C)CC1. The lowest BCUT2D eigenvalue weighted by Crippen LogP contribution is -2.37. The minimum atomic E-state index is 0.0570. The smallest absolute Gasteiger partial charge is 0.261 e. The molecule has 1 fully saturated rings. The monoisotopic (exact) mass is 389 g/mol. The lowest BCUT2D eigenvalue weighted by Gasteiger charge is -2.33. The third-order valence-corrected chi connectivity index (χ3v) is 5.89. The molecule has 0 saturated carbocycles. The first-order chi connectivity index (χ1) is 14.1. The Kier molecular flexibility index (Phi) is 4.26. The molecule has 8 heteroatoms. The molecule has 1 aliphatic heterocycles. The van der Waals surface area contributed by atoms with Crippen LogP contribution >= 0.6 is 0 Å². The van der Waals surface area contributed by atoms with Gasteiger partial charge in [-0.2, -0.15) is 0 Å². The van der Waals surface area contributed by atoms with Gasteiger partial charge in [-0.3, -0.25) is 9.36 Å². The number of benzene rings is 1. The van der Waals surface area contributed by atoms with Crippen molar-refractivity contribution in [3.05, 3.63) is 53.1 Å². The second-order valence-electron chi connectivity index (χ2n) is 7.75. The van der Waals surface area contributed by atoms with Crippen LogP contribution in [0.25, 0.3) is 22.1 Å². The van der Waals surface area contributed by atoms with E-state index in [1.165, 1.54) is 0 Å². The molecule has 0 unspecified atom stereocenters. The molecule has 0 atom stereocenters. The van der Waals surface area contributed by atoms with E-state index < -0.39 is 0 Å². The maximum absolute atomic E-state index is 12.9. The molecule has 0 radical (unpaired) electrons. The minimum absolute atomic E-state index is 0.0570. The second-order valence-corrected chi connectivity index (χ2v) is 7.75. The summed E-state index contributed by atoms with van der Waals surface area (Å²) < 4.78 is 3.75. The van der Waals surface area contributed by atoms with Gasteiger partial charge in [-0.25, -0.2) is 19.9 Å². The molecule has 8 nitrogen and oxygen atoms in total. The summed E-state index contributed by atoms with van der Waals surface area (Å²) >= 11 is 0. The van der Waals surface area contributed by atoms with Gasteiger partial charge in [0.2, 0.25) is 0 Å². The molecular formula is C21H23N7O. The zero-order valence-electron chi connectivity index (χ0n) is 16.6. The first-order valence-corrected chi connectivity index (χ1v) is 9.95. The van der Waals surface area contributed by atoms with Gasteiger partial charge in [-0.05, 0) is 37.8 Å². The molecule has 0 aliphatic carbocycles. The molecule has 0 spiro atoms. The van der Waals surface area contributed by atoms with E-state index in [1.54, 1.807) is 12.7 Å². The summed E-state index contributed by atoms with van der Waals surface area (Å²) in [5, 5.41) is 0.689. The van der Waals surface area contributed by atoms with Crippen molar-refractivity contribution in [2.45, 2.75) is 26.3 Å². The van der Waals surface area contributed by atoms with Crippen LogP contribution in [0.4, 0.5) is 5.82 Å². The zero-order valence-corrected chi connectivity index (χ0v) is 16.6. The Morgan fingerprint density at radius 1 is 1.10 bits per heavy atom. The summed E-state index contributed by atoms with van der Waals surface area (Å²) in [6, 6.07) is 7.56. The van der Waals surface area contributed by atoms with Crippen molar-refractivity contribution in [2.75, 3.05) is 18.0 Å². The van der Waals surface area contributed by atoms with Gasteiger partial charge in [-0.1, -0.05) is 12.1 Å². The molecule has 1 aromatic carbocycles. The molecule has 0 amide bonds. The van der Waals surface area contributed by atoms with Crippen molar-refractivity contribution in [3.63, 3.8) is 0 Å². The number of nitrogens with zero attached hydrogens (tertiary/aromatic N) is 7. The van der Waals surface area contributed by atoms with Crippen molar-refractivity contribution in [1.29, 1.82) is 0 Å². The standard InChI is InChI=1S/C21H23N7O/c1-14-25-17-6-4-3-5-16(17)21(29)28(14)11-15-7-9-27(10-8-15)20-18-19(22-12-23-20)26(2)13-24-18/h3-6,12-13,15H,7-11H2,1-2H3. The molecule has 148 valence electrons. The molecule has 4 heterocycles. The molecule has 5 rings (SSSR count). The summed E-state index contributed by atoms with van der Waals surface area (Å²) in [5.41, 5.74) is 2.52. The Morgan fingerprint density at radius 2 is 1.90 bits per heavy atom. The van der Waals surface area contributed by atoms with Crippen LogP contribution in [0.1, 0.15) is 18.7 Å². The largest absolute Gasteiger partial charge is 0.355 e. The second kappa shape index (κ2) is 6.95. The van der Waals surface area contributed by atoms with E-state index in [2.05, 4.69) is 24.8 Å². The topological polar surface area (TPSA) is 81.7 Å². The zero-order chi connectivity index (χ0) is 20.0. The highest BCUT2D eigenvalue weighted by Gasteiger charge is 2.24. The van der Waals surface area contributed by atoms with Gasteiger partial charge in [0.1, 0.15) is 12.2 Å². The van der Waals surface area contributed by atoms with Gasteiger partial charge in [0.25, 0.3) is 5.56 Å². The van der Waals surface area contributed by atoms with E-state index in [0.717, 1.165) is 54.3 Å². The fraction of sp³-hybridized carbons (Fsp3) is 0.381. The molecular weight excluding hydrogens is 366 g/mol. The van der Waals surface area contributed by atoms with Crippen LogP contribution in [-0.2, 0) is 13.6 Å². The first kappa shape index (κ1) is 17.8. The summed E-state index contributed by atoms with van der Waals surface area (Å²) in [7, 11) is 1.94. The lowest BCUT2D eigenvalue weighted by atomic mass is 9.96. The average molecular weight is 389 g/mol. The molecule has 29 heavy (non-hydrogen) atoms. The average Bonchev–Trinajstić information content (AvgIpc) is 3.13. The number of para-hydroxylation sites is 1. The number of hydrogen-bond acceptors (Lipinski definition) is 6. The first-order valence-electron chi connectivity index (χ1n) is 9.95. The third kappa shape index (κ3) is 3.04.